The Hall–Kier alpha value is -3.21. The van der Waals surface area contributed by atoms with E-state index < -0.39 is 5.41 Å². The van der Waals surface area contributed by atoms with Gasteiger partial charge < -0.3 is 14.7 Å². The van der Waals surface area contributed by atoms with Crippen molar-refractivity contribution in [1.82, 2.24) is 19.9 Å². The number of piperazine rings is 1. The number of anilines is 3. The molecule has 1 saturated carbocycles. The molecule has 2 aromatic heterocycles. The van der Waals surface area contributed by atoms with E-state index in [2.05, 4.69) is 39.7 Å². The van der Waals surface area contributed by atoms with Crippen molar-refractivity contribution in [3.63, 3.8) is 0 Å². The van der Waals surface area contributed by atoms with Gasteiger partial charge >= 0.3 is 0 Å². The highest BCUT2D eigenvalue weighted by Gasteiger charge is 2.56. The van der Waals surface area contributed by atoms with Crippen molar-refractivity contribution in [1.29, 1.82) is 5.26 Å². The number of carbonyl (C=O) groups excluding carboxylic acids is 1. The van der Waals surface area contributed by atoms with Crippen molar-refractivity contribution in [2.24, 2.45) is 5.41 Å². The summed E-state index contributed by atoms with van der Waals surface area (Å²) < 4.78 is 0. The largest absolute Gasteiger partial charge is 0.350 e. The summed E-state index contributed by atoms with van der Waals surface area (Å²) in [5.74, 6) is 2.83. The maximum atomic E-state index is 13.0. The molecule has 1 amide bonds. The Kier molecular flexibility index (Phi) is 4.85. The van der Waals surface area contributed by atoms with Gasteiger partial charge in [0.2, 0.25) is 5.91 Å². The van der Waals surface area contributed by atoms with Crippen molar-refractivity contribution in [2.45, 2.75) is 65.0 Å². The number of fused-ring (bicyclic) bond motifs is 2. The summed E-state index contributed by atoms with van der Waals surface area (Å²) in [5, 5.41) is 9.34. The van der Waals surface area contributed by atoms with Crippen molar-refractivity contribution in [3.05, 3.63) is 35.8 Å². The average molecular weight is 446 g/mol. The first-order valence-electron chi connectivity index (χ1n) is 11.7. The van der Waals surface area contributed by atoms with Crippen LogP contribution in [0.25, 0.3) is 0 Å². The molecule has 3 aliphatic rings. The summed E-state index contributed by atoms with van der Waals surface area (Å²) in [5.41, 5.74) is 1.44. The van der Waals surface area contributed by atoms with Crippen LogP contribution in [-0.2, 0) is 10.2 Å². The van der Waals surface area contributed by atoms with E-state index in [4.69, 9.17) is 4.98 Å². The molecule has 2 atom stereocenters. The second-order valence-electron chi connectivity index (χ2n) is 10.8. The number of aromatic nitrogens is 3. The smallest absolute Gasteiger partial charge is 0.228 e. The molecule has 2 fully saturated rings. The minimum atomic E-state index is -0.393. The zero-order valence-electron chi connectivity index (χ0n) is 20.0. The molecule has 8 nitrogen and oxygen atoms in total. The summed E-state index contributed by atoms with van der Waals surface area (Å²) >= 11 is 0. The molecule has 0 bridgehead atoms. The molecule has 8 heteroatoms. The maximum Gasteiger partial charge on any atom is 0.228 e. The van der Waals surface area contributed by atoms with Gasteiger partial charge in [-0.2, -0.15) is 5.26 Å². The first-order valence-corrected chi connectivity index (χ1v) is 11.7. The molecule has 0 unspecified atom stereocenters. The van der Waals surface area contributed by atoms with Crippen molar-refractivity contribution < 1.29 is 4.79 Å². The number of nitrogens with zero attached hydrogens (tertiary/aromatic N) is 7. The van der Waals surface area contributed by atoms with E-state index >= 15 is 0 Å². The van der Waals surface area contributed by atoms with Gasteiger partial charge in [0.05, 0.1) is 11.6 Å². The molecule has 0 radical (unpaired) electrons. The molecule has 2 aliphatic heterocycles. The Labute approximate surface area is 195 Å². The summed E-state index contributed by atoms with van der Waals surface area (Å²) in [6.07, 6.45) is 5.52. The van der Waals surface area contributed by atoms with Gasteiger partial charge in [-0.1, -0.05) is 20.8 Å². The fraction of sp³-hybridized carbons (Fsp3) is 0.560. The monoisotopic (exact) mass is 445 g/mol. The van der Waals surface area contributed by atoms with Gasteiger partial charge in [0.1, 0.15) is 23.8 Å². The van der Waals surface area contributed by atoms with Crippen LogP contribution in [0.1, 0.15) is 58.6 Å². The molecule has 1 aliphatic carbocycles. The molecule has 33 heavy (non-hydrogen) atoms. The first-order chi connectivity index (χ1) is 15.6. The van der Waals surface area contributed by atoms with Crippen LogP contribution < -0.4 is 9.80 Å². The molecule has 2 aromatic rings. The number of nitriles is 1. The van der Waals surface area contributed by atoms with Crippen LogP contribution in [0.4, 0.5) is 17.5 Å². The minimum Gasteiger partial charge on any atom is -0.350 e. The fourth-order valence-corrected chi connectivity index (χ4v) is 5.24. The molecule has 172 valence electrons. The normalized spacial score (nSPS) is 23.5. The maximum absolute atomic E-state index is 13.0. The van der Waals surface area contributed by atoms with Gasteiger partial charge in [-0.05, 0) is 38.8 Å². The minimum absolute atomic E-state index is 0.0393. The van der Waals surface area contributed by atoms with E-state index in [-0.39, 0.29) is 23.4 Å². The van der Waals surface area contributed by atoms with E-state index in [9.17, 15) is 10.1 Å². The predicted molar refractivity (Wildman–Crippen MR) is 126 cm³/mol. The second-order valence-corrected chi connectivity index (χ2v) is 10.8. The quantitative estimate of drug-likeness (QED) is 0.700. The van der Waals surface area contributed by atoms with Gasteiger partial charge in [0.25, 0.3) is 0 Å². The molecule has 4 heterocycles. The molecule has 0 N–H and O–H groups in total. The Morgan fingerprint density at radius 1 is 1.12 bits per heavy atom. The molecular formula is C25H31N7O. The molecular weight excluding hydrogens is 414 g/mol. The topological polar surface area (TPSA) is 89.2 Å². The van der Waals surface area contributed by atoms with E-state index in [1.54, 1.807) is 18.6 Å². The Morgan fingerprint density at radius 3 is 2.52 bits per heavy atom. The van der Waals surface area contributed by atoms with Gasteiger partial charge in [-0.25, -0.2) is 15.0 Å². The fourth-order valence-electron chi connectivity index (χ4n) is 5.24. The first kappa shape index (κ1) is 21.6. The second kappa shape index (κ2) is 7.41. The highest BCUT2D eigenvalue weighted by molar-refractivity contribution is 5.82. The SMILES string of the molecule is C[C@H]1CN(c2ncnc3c2C2(CC2)CN3c2cc(C#N)ccn2)[C@@H](C)CN1C(=O)C(C)(C)C. The van der Waals surface area contributed by atoms with Crippen LogP contribution in [0, 0.1) is 16.7 Å². The summed E-state index contributed by atoms with van der Waals surface area (Å²) in [7, 11) is 0. The lowest BCUT2D eigenvalue weighted by Crippen LogP contribution is -2.60. The molecule has 5 rings (SSSR count). The third-order valence-electron chi connectivity index (χ3n) is 7.22. The number of amides is 1. The predicted octanol–water partition coefficient (Wildman–Crippen LogP) is 3.40. The summed E-state index contributed by atoms with van der Waals surface area (Å²) in [4.78, 5) is 33.6. The lowest BCUT2D eigenvalue weighted by molar-refractivity contribution is -0.142. The highest BCUT2D eigenvalue weighted by atomic mass is 16.2. The molecule has 1 spiro atoms. The van der Waals surface area contributed by atoms with Crippen LogP contribution >= 0.6 is 0 Å². The van der Waals surface area contributed by atoms with Crippen molar-refractivity contribution >= 4 is 23.4 Å². The van der Waals surface area contributed by atoms with Gasteiger partial charge in [-0.3, -0.25) is 4.79 Å². The zero-order valence-corrected chi connectivity index (χ0v) is 20.0. The van der Waals surface area contributed by atoms with Crippen LogP contribution in [0.2, 0.25) is 0 Å². The van der Waals surface area contributed by atoms with Crippen LogP contribution in [0.15, 0.2) is 24.7 Å². The van der Waals surface area contributed by atoms with Gasteiger partial charge in [0, 0.05) is 54.3 Å². The molecule has 1 saturated heterocycles. The van der Waals surface area contributed by atoms with Gasteiger partial charge in [-0.15, -0.1) is 0 Å². The van der Waals surface area contributed by atoms with Crippen LogP contribution in [-0.4, -0.2) is 57.5 Å². The van der Waals surface area contributed by atoms with E-state index in [1.165, 1.54) is 5.56 Å². The summed E-state index contributed by atoms with van der Waals surface area (Å²) in [6, 6.07) is 6.01. The number of hydrogen-bond donors (Lipinski definition) is 0. The Bertz CT molecular complexity index is 1140. The van der Waals surface area contributed by atoms with Crippen LogP contribution in [0.3, 0.4) is 0 Å². The Balaban J connectivity index is 1.50. The average Bonchev–Trinajstić information content (AvgIpc) is 3.49. The zero-order chi connectivity index (χ0) is 23.5. The summed E-state index contributed by atoms with van der Waals surface area (Å²) in [6.45, 7) is 12.5. The van der Waals surface area contributed by atoms with E-state index in [0.29, 0.717) is 12.1 Å². The third-order valence-corrected chi connectivity index (χ3v) is 7.22. The number of hydrogen-bond acceptors (Lipinski definition) is 7. The number of carbonyl (C=O) groups is 1. The number of pyridine rings is 1. The number of rotatable bonds is 2. The van der Waals surface area contributed by atoms with Crippen molar-refractivity contribution in [3.8, 4) is 6.07 Å². The lowest BCUT2D eigenvalue weighted by atomic mass is 9.92. The molecule has 0 aromatic carbocycles. The van der Waals surface area contributed by atoms with Crippen LogP contribution in [0.5, 0.6) is 0 Å². The lowest BCUT2D eigenvalue weighted by Gasteiger charge is -2.47. The third kappa shape index (κ3) is 3.50. The standard InChI is InChI=1S/C25H31N7O/c1-16-13-31(23(33)24(3,4)5)17(2)12-30(16)21-20-22(29-15-28-21)32(14-25(20)7-8-25)19-10-18(11-26)6-9-27-19/h6,9-10,15-17H,7-8,12-14H2,1-5H3/t16-,17-/m0/s1. The van der Waals surface area contributed by atoms with E-state index in [0.717, 1.165) is 43.4 Å². The Morgan fingerprint density at radius 2 is 1.85 bits per heavy atom. The van der Waals surface area contributed by atoms with Crippen molar-refractivity contribution in [2.75, 3.05) is 29.4 Å². The van der Waals surface area contributed by atoms with E-state index in [1.807, 2.05) is 31.7 Å². The van der Waals surface area contributed by atoms with Gasteiger partial charge in [0.15, 0.2) is 0 Å². The highest BCUT2D eigenvalue weighted by Crippen LogP contribution is 2.59.